The van der Waals surface area contributed by atoms with Crippen molar-refractivity contribution in [2.24, 2.45) is 0 Å². The van der Waals surface area contributed by atoms with Crippen molar-refractivity contribution >= 4 is 38.9 Å². The van der Waals surface area contributed by atoms with Crippen LogP contribution in [0.4, 0.5) is 5.69 Å². The molecule has 0 bridgehead atoms. The van der Waals surface area contributed by atoms with E-state index >= 15 is 0 Å². The van der Waals surface area contributed by atoms with E-state index in [1.807, 2.05) is 13.0 Å². The van der Waals surface area contributed by atoms with Crippen LogP contribution in [-0.2, 0) is 19.6 Å². The van der Waals surface area contributed by atoms with Crippen molar-refractivity contribution in [2.45, 2.75) is 36.1 Å². The van der Waals surface area contributed by atoms with Crippen molar-refractivity contribution in [3.63, 3.8) is 0 Å². The fourth-order valence-electron chi connectivity index (χ4n) is 3.58. The number of ether oxygens (including phenoxy) is 1. The molecule has 2 aliphatic rings. The average molecular weight is 436 g/mol. The fourth-order valence-corrected chi connectivity index (χ4v) is 6.35. The molecule has 0 aliphatic carbocycles. The second-order valence-corrected chi connectivity index (χ2v) is 10.1. The third kappa shape index (κ3) is 3.87. The first kappa shape index (κ1) is 19.9. The number of fused-ring (bicyclic) bond motifs is 1. The highest BCUT2D eigenvalue weighted by atomic mass is 32.2. The first-order valence-electron chi connectivity index (χ1n) is 9.28. The number of thiophene rings is 1. The van der Waals surface area contributed by atoms with Gasteiger partial charge in [0.2, 0.25) is 5.91 Å². The highest BCUT2D eigenvalue weighted by molar-refractivity contribution is 7.91. The number of benzene rings is 1. The number of rotatable bonds is 5. The summed E-state index contributed by atoms with van der Waals surface area (Å²) < 4.78 is 32.6. The van der Waals surface area contributed by atoms with Crippen LogP contribution >= 0.6 is 11.3 Å². The molecule has 3 heterocycles. The minimum Gasteiger partial charge on any atom is -0.482 e. The van der Waals surface area contributed by atoms with Crippen LogP contribution < -0.4 is 15.4 Å². The first-order valence-corrected chi connectivity index (χ1v) is 11.6. The lowest BCUT2D eigenvalue weighted by Crippen LogP contribution is -2.46. The Bertz CT molecular complexity index is 1040. The molecule has 0 saturated carbocycles. The zero-order valence-electron chi connectivity index (χ0n) is 15.8. The van der Waals surface area contributed by atoms with Crippen LogP contribution in [0.5, 0.6) is 5.75 Å². The van der Waals surface area contributed by atoms with Gasteiger partial charge in [-0.2, -0.15) is 4.31 Å². The third-order valence-electron chi connectivity index (χ3n) is 5.06. The Labute approximate surface area is 172 Å². The molecule has 1 aromatic heterocycles. The van der Waals surface area contributed by atoms with Crippen molar-refractivity contribution < 1.29 is 22.7 Å². The quantitative estimate of drug-likeness (QED) is 0.749. The van der Waals surface area contributed by atoms with Gasteiger partial charge in [0, 0.05) is 6.54 Å². The lowest BCUT2D eigenvalue weighted by Gasteiger charge is -2.25. The zero-order valence-corrected chi connectivity index (χ0v) is 17.4. The van der Waals surface area contributed by atoms with Gasteiger partial charge in [0.05, 0.1) is 11.7 Å². The summed E-state index contributed by atoms with van der Waals surface area (Å²) in [7, 11) is -3.68. The van der Waals surface area contributed by atoms with Gasteiger partial charge in [0.25, 0.3) is 15.9 Å². The van der Waals surface area contributed by atoms with Crippen LogP contribution in [0.25, 0.3) is 0 Å². The van der Waals surface area contributed by atoms with Crippen molar-refractivity contribution in [2.75, 3.05) is 18.5 Å². The number of nitrogens with zero attached hydrogens (tertiary/aromatic N) is 1. The molecule has 2 aliphatic heterocycles. The minimum absolute atomic E-state index is 0.0190. The molecule has 10 heteroatoms. The Morgan fingerprint density at radius 3 is 2.97 bits per heavy atom. The van der Waals surface area contributed by atoms with E-state index in [4.69, 9.17) is 4.74 Å². The highest BCUT2D eigenvalue weighted by Crippen LogP contribution is 2.32. The number of hydrogen-bond acceptors (Lipinski definition) is 6. The highest BCUT2D eigenvalue weighted by Gasteiger charge is 2.40. The van der Waals surface area contributed by atoms with Gasteiger partial charge in [-0.25, -0.2) is 8.42 Å². The molecule has 0 spiro atoms. The standard InChI is InChI=1S/C19H21N3O5S2/c1-12(13-6-7-16-14(10-13)21-17(23)11-27-16)20-19(24)15-4-2-8-22(15)29(25,26)18-5-3-9-28-18/h3,5-7,9-10,12,15H,2,4,8,11H2,1H3,(H,20,24)(H,21,23). The molecule has 2 unspecified atom stereocenters. The predicted octanol–water partition coefficient (Wildman–Crippen LogP) is 2.11. The Hall–Kier alpha value is -2.43. The number of carbonyl (C=O) groups excluding carboxylic acids is 2. The second kappa shape index (κ2) is 7.77. The van der Waals surface area contributed by atoms with Crippen LogP contribution in [0.2, 0.25) is 0 Å². The van der Waals surface area contributed by atoms with Crippen LogP contribution in [0.1, 0.15) is 31.4 Å². The molecule has 2 N–H and O–H groups in total. The molecule has 2 amide bonds. The molecule has 8 nitrogen and oxygen atoms in total. The van der Waals surface area contributed by atoms with Gasteiger partial charge in [-0.15, -0.1) is 11.3 Å². The minimum atomic E-state index is -3.68. The lowest BCUT2D eigenvalue weighted by atomic mass is 10.1. The molecule has 2 aromatic rings. The van der Waals surface area contributed by atoms with Crippen LogP contribution in [0.15, 0.2) is 39.9 Å². The zero-order chi connectivity index (χ0) is 20.6. The summed E-state index contributed by atoms with van der Waals surface area (Å²) in [6.45, 7) is 2.13. The average Bonchev–Trinajstić information content (AvgIpc) is 3.39. The van der Waals surface area contributed by atoms with E-state index < -0.39 is 16.1 Å². The van der Waals surface area contributed by atoms with E-state index in [0.717, 1.165) is 16.9 Å². The third-order valence-corrected chi connectivity index (χ3v) is 8.34. The van der Waals surface area contributed by atoms with E-state index in [1.165, 1.54) is 4.31 Å². The molecule has 1 aromatic carbocycles. The van der Waals surface area contributed by atoms with Gasteiger partial charge in [-0.1, -0.05) is 12.1 Å². The number of carbonyl (C=O) groups is 2. The first-order chi connectivity index (χ1) is 13.9. The SMILES string of the molecule is CC(NC(=O)C1CCCN1S(=O)(=O)c1cccs1)c1ccc2c(c1)NC(=O)CO2. The van der Waals surface area contributed by atoms with Gasteiger partial charge >= 0.3 is 0 Å². The second-order valence-electron chi connectivity index (χ2n) is 7.03. The maximum absolute atomic E-state index is 12.9. The summed E-state index contributed by atoms with van der Waals surface area (Å²) in [5.74, 6) is 0.0238. The van der Waals surface area contributed by atoms with Crippen LogP contribution in [0.3, 0.4) is 0 Å². The lowest BCUT2D eigenvalue weighted by molar-refractivity contribution is -0.125. The molecule has 4 rings (SSSR count). The fraction of sp³-hybridized carbons (Fsp3) is 0.368. The summed E-state index contributed by atoms with van der Waals surface area (Å²) >= 11 is 1.15. The molecule has 1 fully saturated rings. The number of sulfonamides is 1. The molecular formula is C19H21N3O5S2. The molecule has 0 radical (unpaired) electrons. The van der Waals surface area contributed by atoms with Gasteiger partial charge < -0.3 is 15.4 Å². The molecule has 154 valence electrons. The van der Waals surface area contributed by atoms with Gasteiger partial charge in [0.15, 0.2) is 6.61 Å². The summed E-state index contributed by atoms with van der Waals surface area (Å²) in [5, 5.41) is 7.36. The molecule has 29 heavy (non-hydrogen) atoms. The van der Waals surface area contributed by atoms with Crippen LogP contribution in [0, 0.1) is 0 Å². The van der Waals surface area contributed by atoms with E-state index in [2.05, 4.69) is 10.6 Å². The van der Waals surface area contributed by atoms with Crippen molar-refractivity contribution in [1.29, 1.82) is 0 Å². The monoisotopic (exact) mass is 435 g/mol. The smallest absolute Gasteiger partial charge is 0.262 e. The molecule has 2 atom stereocenters. The maximum Gasteiger partial charge on any atom is 0.262 e. The largest absolute Gasteiger partial charge is 0.482 e. The van der Waals surface area contributed by atoms with Gasteiger partial charge in [-0.05, 0) is 48.9 Å². The van der Waals surface area contributed by atoms with E-state index in [0.29, 0.717) is 30.8 Å². The van der Waals surface area contributed by atoms with Crippen molar-refractivity contribution in [3.05, 3.63) is 41.3 Å². The number of hydrogen-bond donors (Lipinski definition) is 2. The Morgan fingerprint density at radius 2 is 2.21 bits per heavy atom. The number of amides is 2. The topological polar surface area (TPSA) is 105 Å². The van der Waals surface area contributed by atoms with E-state index in [1.54, 1.807) is 29.6 Å². The number of nitrogens with one attached hydrogen (secondary N) is 2. The molecular weight excluding hydrogens is 414 g/mol. The van der Waals surface area contributed by atoms with Gasteiger partial charge in [0.1, 0.15) is 16.0 Å². The maximum atomic E-state index is 12.9. The summed E-state index contributed by atoms with van der Waals surface area (Å²) in [6.07, 6.45) is 1.12. The Balaban J connectivity index is 1.49. The van der Waals surface area contributed by atoms with Gasteiger partial charge in [-0.3, -0.25) is 9.59 Å². The summed E-state index contributed by atoms with van der Waals surface area (Å²) in [6, 6.07) is 7.46. The number of anilines is 1. The summed E-state index contributed by atoms with van der Waals surface area (Å²) in [4.78, 5) is 24.4. The Morgan fingerprint density at radius 1 is 1.38 bits per heavy atom. The van der Waals surface area contributed by atoms with Crippen LogP contribution in [-0.4, -0.2) is 43.7 Å². The van der Waals surface area contributed by atoms with Crippen molar-refractivity contribution in [1.82, 2.24) is 9.62 Å². The van der Waals surface area contributed by atoms with Crippen molar-refractivity contribution in [3.8, 4) is 5.75 Å². The normalized spacial score (nSPS) is 20.4. The van der Waals surface area contributed by atoms with E-state index in [9.17, 15) is 18.0 Å². The van der Waals surface area contributed by atoms with E-state index in [-0.39, 0.29) is 28.7 Å². The molecule has 1 saturated heterocycles. The Kier molecular flexibility index (Phi) is 5.32. The summed E-state index contributed by atoms with van der Waals surface area (Å²) in [5.41, 5.74) is 1.34. The predicted molar refractivity (Wildman–Crippen MR) is 108 cm³/mol.